The summed E-state index contributed by atoms with van der Waals surface area (Å²) < 4.78 is 0. The summed E-state index contributed by atoms with van der Waals surface area (Å²) in [5.74, 6) is 1.23. The second-order valence-corrected chi connectivity index (χ2v) is 8.41. The van der Waals surface area contributed by atoms with E-state index in [4.69, 9.17) is 0 Å². The number of anilines is 1. The summed E-state index contributed by atoms with van der Waals surface area (Å²) in [5.41, 5.74) is 4.43. The lowest BCUT2D eigenvalue weighted by molar-refractivity contribution is 0.156. The van der Waals surface area contributed by atoms with Crippen LogP contribution in [0.15, 0.2) is 67.0 Å². The SMILES string of the molecule is Cc1cccc(C)c1NC(=O)N(Cc1ncccn1)[C@H]1CC[C@H](c2ccccc2)CC1. The van der Waals surface area contributed by atoms with Gasteiger partial charge in [-0.15, -0.1) is 0 Å². The number of benzene rings is 2. The van der Waals surface area contributed by atoms with Crippen molar-refractivity contribution in [3.05, 3.63) is 89.5 Å². The van der Waals surface area contributed by atoms with Gasteiger partial charge in [0.15, 0.2) is 0 Å². The van der Waals surface area contributed by atoms with E-state index in [9.17, 15) is 4.79 Å². The fourth-order valence-electron chi connectivity index (χ4n) is 4.57. The van der Waals surface area contributed by atoms with Gasteiger partial charge in [0.1, 0.15) is 5.82 Å². The van der Waals surface area contributed by atoms with E-state index in [1.54, 1.807) is 18.5 Å². The zero-order valence-electron chi connectivity index (χ0n) is 18.3. The molecule has 5 nitrogen and oxygen atoms in total. The second-order valence-electron chi connectivity index (χ2n) is 8.41. The topological polar surface area (TPSA) is 58.1 Å². The van der Waals surface area contributed by atoms with Crippen LogP contribution in [0.5, 0.6) is 0 Å². The normalized spacial score (nSPS) is 18.4. The van der Waals surface area contributed by atoms with Gasteiger partial charge in [-0.25, -0.2) is 14.8 Å². The van der Waals surface area contributed by atoms with Gasteiger partial charge in [-0.2, -0.15) is 0 Å². The Hall–Kier alpha value is -3.21. The lowest BCUT2D eigenvalue weighted by atomic mass is 9.81. The minimum absolute atomic E-state index is 0.0759. The van der Waals surface area contributed by atoms with E-state index >= 15 is 0 Å². The number of amides is 2. The number of hydrogen-bond donors (Lipinski definition) is 1. The van der Waals surface area contributed by atoms with Crippen LogP contribution in [0, 0.1) is 13.8 Å². The molecule has 0 bridgehead atoms. The summed E-state index contributed by atoms with van der Waals surface area (Å²) in [6, 6.07) is 18.7. The van der Waals surface area contributed by atoms with E-state index in [0.29, 0.717) is 18.3 Å². The largest absolute Gasteiger partial charge is 0.322 e. The van der Waals surface area contributed by atoms with Crippen molar-refractivity contribution < 1.29 is 4.79 Å². The fourth-order valence-corrected chi connectivity index (χ4v) is 4.57. The molecule has 160 valence electrons. The Labute approximate surface area is 184 Å². The lowest BCUT2D eigenvalue weighted by Crippen LogP contribution is -2.44. The number of para-hydroxylation sites is 1. The molecule has 1 N–H and O–H groups in total. The van der Waals surface area contributed by atoms with Gasteiger partial charge in [-0.05, 0) is 68.2 Å². The second kappa shape index (κ2) is 9.73. The maximum atomic E-state index is 13.4. The third-order valence-corrected chi connectivity index (χ3v) is 6.31. The number of carbonyl (C=O) groups is 1. The number of aryl methyl sites for hydroxylation is 2. The highest BCUT2D eigenvalue weighted by Gasteiger charge is 2.30. The fraction of sp³-hybridized carbons (Fsp3) is 0.346. The van der Waals surface area contributed by atoms with Crippen LogP contribution in [0.1, 0.15) is 54.1 Å². The van der Waals surface area contributed by atoms with Gasteiger partial charge in [0.25, 0.3) is 0 Å². The molecule has 5 heteroatoms. The summed E-state index contributed by atoms with van der Waals surface area (Å²) >= 11 is 0. The van der Waals surface area contributed by atoms with Crippen molar-refractivity contribution in [3.8, 4) is 0 Å². The molecule has 2 amide bonds. The smallest absolute Gasteiger partial charge is 0.314 e. The van der Waals surface area contributed by atoms with Crippen LogP contribution in [-0.4, -0.2) is 26.9 Å². The lowest BCUT2D eigenvalue weighted by Gasteiger charge is -2.37. The monoisotopic (exact) mass is 414 g/mol. The molecule has 0 saturated heterocycles. The van der Waals surface area contributed by atoms with Gasteiger partial charge >= 0.3 is 6.03 Å². The first-order valence-corrected chi connectivity index (χ1v) is 11.1. The van der Waals surface area contributed by atoms with Crippen molar-refractivity contribution in [2.45, 2.75) is 58.0 Å². The first kappa shape index (κ1) is 21.0. The van der Waals surface area contributed by atoms with Crippen molar-refractivity contribution in [2.24, 2.45) is 0 Å². The van der Waals surface area contributed by atoms with E-state index in [1.807, 2.05) is 36.9 Å². The molecule has 0 unspecified atom stereocenters. The van der Waals surface area contributed by atoms with E-state index in [2.05, 4.69) is 45.6 Å². The summed E-state index contributed by atoms with van der Waals surface area (Å²) in [6.45, 7) is 4.47. The van der Waals surface area contributed by atoms with Gasteiger partial charge < -0.3 is 10.2 Å². The van der Waals surface area contributed by atoms with Crippen LogP contribution in [0.4, 0.5) is 10.5 Å². The number of rotatable bonds is 5. The predicted molar refractivity (Wildman–Crippen MR) is 124 cm³/mol. The molecule has 31 heavy (non-hydrogen) atoms. The standard InChI is InChI=1S/C26H30N4O/c1-19-8-6-9-20(2)25(19)29-26(31)30(18-24-27-16-7-17-28-24)23-14-12-22(13-15-23)21-10-4-3-5-11-21/h3-11,16-17,22-23H,12-15,18H2,1-2H3,(H,29,31)/t22-,23-. The number of nitrogens with one attached hydrogen (secondary N) is 1. The highest BCUT2D eigenvalue weighted by molar-refractivity contribution is 5.91. The zero-order valence-corrected chi connectivity index (χ0v) is 18.3. The molecule has 1 aromatic heterocycles. The maximum Gasteiger partial charge on any atom is 0.322 e. The molecule has 3 aromatic rings. The third-order valence-electron chi connectivity index (χ3n) is 6.31. The van der Waals surface area contributed by atoms with Crippen molar-refractivity contribution >= 4 is 11.7 Å². The van der Waals surface area contributed by atoms with Gasteiger partial charge in [0, 0.05) is 24.1 Å². The van der Waals surface area contributed by atoms with Crippen LogP contribution in [-0.2, 0) is 6.54 Å². The van der Waals surface area contributed by atoms with Crippen LogP contribution < -0.4 is 5.32 Å². The van der Waals surface area contributed by atoms with Crippen molar-refractivity contribution in [1.29, 1.82) is 0 Å². The molecule has 1 heterocycles. The molecular weight excluding hydrogens is 384 g/mol. The van der Waals surface area contributed by atoms with E-state index in [-0.39, 0.29) is 12.1 Å². The summed E-state index contributed by atoms with van der Waals surface area (Å²) in [5, 5.41) is 3.17. The Morgan fingerprint density at radius 2 is 1.55 bits per heavy atom. The van der Waals surface area contributed by atoms with Crippen molar-refractivity contribution in [2.75, 3.05) is 5.32 Å². The first-order valence-electron chi connectivity index (χ1n) is 11.1. The van der Waals surface area contributed by atoms with E-state index < -0.39 is 0 Å². The molecule has 0 spiro atoms. The van der Waals surface area contributed by atoms with Gasteiger partial charge in [-0.3, -0.25) is 0 Å². The number of carbonyl (C=O) groups excluding carboxylic acids is 1. The number of nitrogens with zero attached hydrogens (tertiary/aromatic N) is 3. The van der Waals surface area contributed by atoms with Crippen LogP contribution in [0.2, 0.25) is 0 Å². The molecule has 0 aliphatic heterocycles. The minimum atomic E-state index is -0.0759. The third kappa shape index (κ3) is 5.10. The van der Waals surface area contributed by atoms with Gasteiger partial charge in [0.2, 0.25) is 0 Å². The van der Waals surface area contributed by atoms with Gasteiger partial charge in [0.05, 0.1) is 6.54 Å². The Bertz CT molecular complexity index is 978. The van der Waals surface area contributed by atoms with Crippen molar-refractivity contribution in [1.82, 2.24) is 14.9 Å². The molecule has 0 atom stereocenters. The summed E-state index contributed by atoms with van der Waals surface area (Å²) in [6.07, 6.45) is 7.58. The van der Waals surface area contributed by atoms with Gasteiger partial charge in [-0.1, -0.05) is 48.5 Å². The highest BCUT2D eigenvalue weighted by atomic mass is 16.2. The summed E-state index contributed by atoms with van der Waals surface area (Å²) in [4.78, 5) is 24.1. The molecular formula is C26H30N4O. The van der Waals surface area contributed by atoms with Crippen LogP contribution in [0.25, 0.3) is 0 Å². The first-order chi connectivity index (χ1) is 15.1. The minimum Gasteiger partial charge on any atom is -0.314 e. The molecule has 1 aliphatic carbocycles. The molecule has 2 aromatic carbocycles. The van der Waals surface area contributed by atoms with Crippen LogP contribution in [0.3, 0.4) is 0 Å². The predicted octanol–water partition coefficient (Wildman–Crippen LogP) is 5.85. The molecule has 4 rings (SSSR count). The Kier molecular flexibility index (Phi) is 6.60. The number of aromatic nitrogens is 2. The number of hydrogen-bond acceptors (Lipinski definition) is 3. The average molecular weight is 415 g/mol. The number of urea groups is 1. The highest BCUT2D eigenvalue weighted by Crippen LogP contribution is 2.35. The maximum absolute atomic E-state index is 13.4. The van der Waals surface area contributed by atoms with E-state index in [1.165, 1.54) is 5.56 Å². The Morgan fingerprint density at radius 1 is 0.903 bits per heavy atom. The average Bonchev–Trinajstić information content (AvgIpc) is 2.81. The molecule has 1 saturated carbocycles. The zero-order chi connectivity index (χ0) is 21.6. The molecule has 0 radical (unpaired) electrons. The van der Waals surface area contributed by atoms with Crippen molar-refractivity contribution in [3.63, 3.8) is 0 Å². The Balaban J connectivity index is 1.51. The molecule has 1 aliphatic rings. The van der Waals surface area contributed by atoms with Crippen LogP contribution >= 0.6 is 0 Å². The van der Waals surface area contributed by atoms with E-state index in [0.717, 1.165) is 42.5 Å². The molecule has 1 fully saturated rings. The summed E-state index contributed by atoms with van der Waals surface area (Å²) in [7, 11) is 0. The quantitative estimate of drug-likeness (QED) is 0.569. The Morgan fingerprint density at radius 3 is 2.19 bits per heavy atom.